The van der Waals surface area contributed by atoms with Crippen LogP contribution >= 0.6 is 0 Å². The first kappa shape index (κ1) is 34.4. The quantitative estimate of drug-likeness (QED) is 0.173. The summed E-state index contributed by atoms with van der Waals surface area (Å²) in [5.74, 6) is 0.250. The van der Waals surface area contributed by atoms with Crippen molar-refractivity contribution in [2.24, 2.45) is 0 Å². The van der Waals surface area contributed by atoms with Crippen LogP contribution in [0.4, 0.5) is 5.69 Å². The molecule has 1 spiro atoms. The van der Waals surface area contributed by atoms with Crippen molar-refractivity contribution in [1.29, 1.82) is 0 Å². The highest BCUT2D eigenvalue weighted by Gasteiger charge is 2.51. The summed E-state index contributed by atoms with van der Waals surface area (Å²) in [5, 5.41) is 4.86. The standard InChI is InChI=1S/C59H41NO/c1-2-14-40(15-3-1)46-20-12-21-52-51-34-32-45(37-57(51)61-58(46)52)60(44-31-27-38-13-4-5-16-41(38)35-44)43-29-25-39(26-30-43)42-28-33-50-49-19-8-11-24-55(49)59(56(50)36-42)53-22-9-6-17-47(53)48-18-7-10-23-54(48)59/h1-25,27-30,32-37,39,44H,26,31H2. The lowest BCUT2D eigenvalue weighted by Gasteiger charge is -2.35. The Hall–Kier alpha value is -7.42. The van der Waals surface area contributed by atoms with Crippen LogP contribution in [0.25, 0.3) is 67.5 Å². The van der Waals surface area contributed by atoms with E-state index in [1.165, 1.54) is 66.2 Å². The summed E-state index contributed by atoms with van der Waals surface area (Å²) in [7, 11) is 0. The number of anilines is 1. The lowest BCUT2D eigenvalue weighted by Crippen LogP contribution is -2.39. The predicted molar refractivity (Wildman–Crippen MR) is 252 cm³/mol. The van der Waals surface area contributed by atoms with Crippen LogP contribution in [0.15, 0.2) is 210 Å². The third-order valence-corrected chi connectivity index (χ3v) is 13.9. The molecule has 0 radical (unpaired) electrons. The highest BCUT2D eigenvalue weighted by atomic mass is 16.3. The topological polar surface area (TPSA) is 16.4 Å². The molecule has 1 heterocycles. The Bertz CT molecular complexity index is 3390. The summed E-state index contributed by atoms with van der Waals surface area (Å²) in [6, 6.07) is 67.3. The van der Waals surface area contributed by atoms with Crippen molar-refractivity contribution < 1.29 is 4.42 Å². The first-order valence-electron chi connectivity index (χ1n) is 21.6. The summed E-state index contributed by atoms with van der Waals surface area (Å²) in [5.41, 5.74) is 18.4. The van der Waals surface area contributed by atoms with Crippen LogP contribution in [0.2, 0.25) is 0 Å². The zero-order chi connectivity index (χ0) is 40.1. The summed E-state index contributed by atoms with van der Waals surface area (Å²) >= 11 is 0. The van der Waals surface area contributed by atoms with Gasteiger partial charge in [-0.1, -0.05) is 188 Å². The third-order valence-electron chi connectivity index (χ3n) is 13.9. The molecule has 9 aromatic rings. The normalized spacial score (nSPS) is 17.5. The lowest BCUT2D eigenvalue weighted by molar-refractivity contribution is 0.669. The van der Waals surface area contributed by atoms with Crippen LogP contribution < -0.4 is 15.3 Å². The number of rotatable bonds is 5. The number of furan rings is 1. The van der Waals surface area contributed by atoms with Crippen LogP contribution in [0.1, 0.15) is 46.6 Å². The van der Waals surface area contributed by atoms with Gasteiger partial charge in [0.1, 0.15) is 11.2 Å². The summed E-state index contributed by atoms with van der Waals surface area (Å²) in [6.07, 6.45) is 14.0. The van der Waals surface area contributed by atoms with Gasteiger partial charge in [-0.25, -0.2) is 0 Å². The van der Waals surface area contributed by atoms with E-state index in [1.54, 1.807) is 0 Å². The molecule has 2 unspecified atom stereocenters. The molecule has 0 fully saturated rings. The van der Waals surface area contributed by atoms with Gasteiger partial charge in [0.25, 0.3) is 0 Å². The second kappa shape index (κ2) is 13.3. The zero-order valence-electron chi connectivity index (χ0n) is 33.6. The maximum absolute atomic E-state index is 6.80. The smallest absolute Gasteiger partial charge is 0.143 e. The number of fused-ring (bicyclic) bond motifs is 14. The number of para-hydroxylation sites is 1. The molecule has 0 bridgehead atoms. The first-order valence-corrected chi connectivity index (χ1v) is 21.6. The van der Waals surface area contributed by atoms with Crippen molar-refractivity contribution in [1.82, 2.24) is 0 Å². The van der Waals surface area contributed by atoms with Crippen molar-refractivity contribution in [3.63, 3.8) is 0 Å². The van der Waals surface area contributed by atoms with E-state index in [-0.39, 0.29) is 17.4 Å². The Kier molecular flexibility index (Phi) is 7.51. The molecule has 0 N–H and O–H groups in total. The van der Waals surface area contributed by atoms with Crippen LogP contribution in [0.5, 0.6) is 0 Å². The van der Waals surface area contributed by atoms with E-state index >= 15 is 0 Å². The number of nitrogens with zero attached hydrogens (tertiary/aromatic N) is 1. The highest BCUT2D eigenvalue weighted by molar-refractivity contribution is 6.10. The molecule has 61 heavy (non-hydrogen) atoms. The number of hydrogen-bond donors (Lipinski definition) is 0. The average Bonchev–Trinajstić information content (AvgIpc) is 3.96. The number of allylic oxidation sites excluding steroid dienone is 3. The van der Waals surface area contributed by atoms with Crippen molar-refractivity contribution >= 4 is 39.8 Å². The maximum Gasteiger partial charge on any atom is 0.143 e. The number of benzene rings is 8. The van der Waals surface area contributed by atoms with E-state index in [0.717, 1.165) is 51.6 Å². The monoisotopic (exact) mass is 779 g/mol. The van der Waals surface area contributed by atoms with Crippen molar-refractivity contribution in [2.45, 2.75) is 30.2 Å². The second-order valence-corrected chi connectivity index (χ2v) is 17.0. The van der Waals surface area contributed by atoms with E-state index in [2.05, 4.69) is 217 Å². The largest absolute Gasteiger partial charge is 0.455 e. The minimum absolute atomic E-state index is 0.143. The van der Waals surface area contributed by atoms with Crippen molar-refractivity contribution in [3.05, 3.63) is 244 Å². The summed E-state index contributed by atoms with van der Waals surface area (Å²) in [6.45, 7) is 0. The van der Waals surface area contributed by atoms with Crippen LogP contribution in [0.3, 0.4) is 0 Å². The Morgan fingerprint density at radius 3 is 1.87 bits per heavy atom. The van der Waals surface area contributed by atoms with E-state index < -0.39 is 0 Å². The fourth-order valence-electron chi connectivity index (χ4n) is 11.2. The van der Waals surface area contributed by atoms with Crippen molar-refractivity contribution in [2.75, 3.05) is 4.90 Å². The van der Waals surface area contributed by atoms with Crippen LogP contribution in [-0.2, 0) is 5.41 Å². The van der Waals surface area contributed by atoms with Gasteiger partial charge >= 0.3 is 0 Å². The van der Waals surface area contributed by atoms with Gasteiger partial charge < -0.3 is 9.32 Å². The van der Waals surface area contributed by atoms with E-state index in [1.807, 2.05) is 0 Å². The van der Waals surface area contributed by atoms with Gasteiger partial charge in [0, 0.05) is 39.7 Å². The molecule has 1 aromatic heterocycles. The van der Waals surface area contributed by atoms with Gasteiger partial charge in [0.2, 0.25) is 0 Å². The molecule has 2 nitrogen and oxygen atoms in total. The third kappa shape index (κ3) is 5.03. The van der Waals surface area contributed by atoms with Gasteiger partial charge in [-0.15, -0.1) is 0 Å². The molecule has 4 aliphatic rings. The molecular weight excluding hydrogens is 739 g/mol. The Labute approximate surface area is 355 Å². The summed E-state index contributed by atoms with van der Waals surface area (Å²) in [4.78, 5) is 2.53. The van der Waals surface area contributed by atoms with Crippen LogP contribution in [0, 0.1) is 0 Å². The Morgan fingerprint density at radius 1 is 0.492 bits per heavy atom. The highest BCUT2D eigenvalue weighted by Crippen LogP contribution is 2.63. The minimum Gasteiger partial charge on any atom is -0.455 e. The molecule has 13 rings (SSSR count). The molecule has 4 aliphatic carbocycles. The molecule has 0 saturated carbocycles. The molecule has 0 amide bonds. The molecule has 0 aliphatic heterocycles. The van der Waals surface area contributed by atoms with Crippen molar-refractivity contribution in [3.8, 4) is 33.4 Å². The number of hydrogen-bond acceptors (Lipinski definition) is 2. The molecule has 2 heteroatoms. The Balaban J connectivity index is 0.905. The second-order valence-electron chi connectivity index (χ2n) is 17.0. The van der Waals surface area contributed by atoms with Gasteiger partial charge in [0.05, 0.1) is 11.5 Å². The maximum atomic E-state index is 6.80. The van der Waals surface area contributed by atoms with E-state index in [9.17, 15) is 0 Å². The van der Waals surface area contributed by atoms with Crippen LogP contribution in [-0.4, -0.2) is 6.04 Å². The van der Waals surface area contributed by atoms with Gasteiger partial charge in [-0.2, -0.15) is 0 Å². The Morgan fingerprint density at radius 2 is 1.15 bits per heavy atom. The van der Waals surface area contributed by atoms with Gasteiger partial charge in [-0.3, -0.25) is 0 Å². The molecule has 8 aromatic carbocycles. The van der Waals surface area contributed by atoms with Gasteiger partial charge in [0.15, 0.2) is 0 Å². The molecular formula is C59H41NO. The fraction of sp³-hybridized carbons (Fsp3) is 0.0847. The zero-order valence-corrected chi connectivity index (χ0v) is 33.6. The van der Waals surface area contributed by atoms with Gasteiger partial charge in [-0.05, 0) is 97.1 Å². The first-order chi connectivity index (χ1) is 30.2. The predicted octanol–water partition coefficient (Wildman–Crippen LogP) is 13.1. The molecule has 288 valence electrons. The van der Waals surface area contributed by atoms with E-state index in [4.69, 9.17) is 4.42 Å². The fourth-order valence-corrected chi connectivity index (χ4v) is 11.2. The average molecular weight is 780 g/mol. The van der Waals surface area contributed by atoms with E-state index in [0.29, 0.717) is 0 Å². The molecule has 0 saturated heterocycles. The SMILES string of the molecule is C1=CC(c2ccc3c(c2)C2(c4ccccc4-c4ccccc42)c2ccccc2-3)CC=C1N(c1ccc2c(c1)oc1c(-c3ccccc3)cccc12)C1C=c2ccccc2=CC1. The lowest BCUT2D eigenvalue weighted by atomic mass is 9.70. The summed E-state index contributed by atoms with van der Waals surface area (Å²) < 4.78 is 6.80. The molecule has 2 atom stereocenters. The minimum atomic E-state index is -0.341.